The van der Waals surface area contributed by atoms with Crippen LogP contribution in [-0.4, -0.2) is 25.7 Å². The number of hydrogen-bond donors (Lipinski definition) is 1. The average Bonchev–Trinajstić information content (AvgIpc) is 2.50. The highest BCUT2D eigenvalue weighted by atomic mass is 79.9. The molecule has 22 heavy (non-hydrogen) atoms. The molecular formula is C16H21BrN2O3. The molecule has 0 spiro atoms. The van der Waals surface area contributed by atoms with Gasteiger partial charge >= 0.3 is 0 Å². The predicted molar refractivity (Wildman–Crippen MR) is 88.1 cm³/mol. The Morgan fingerprint density at radius 2 is 2.09 bits per heavy atom. The van der Waals surface area contributed by atoms with Crippen molar-refractivity contribution < 1.29 is 14.3 Å². The minimum atomic E-state index is -0.171. The molecule has 1 N–H and O–H groups in total. The minimum absolute atomic E-state index is 0.0866. The van der Waals surface area contributed by atoms with Gasteiger partial charge in [0, 0.05) is 12.6 Å². The zero-order valence-corrected chi connectivity index (χ0v) is 14.5. The molecule has 0 saturated heterocycles. The van der Waals surface area contributed by atoms with Crippen molar-refractivity contribution in [1.82, 2.24) is 5.32 Å². The molecule has 0 aromatic heterocycles. The summed E-state index contributed by atoms with van der Waals surface area (Å²) in [5, 5.41) is 11.8. The molecule has 0 bridgehead atoms. The Balaban J connectivity index is 2.64. The van der Waals surface area contributed by atoms with Gasteiger partial charge in [0.25, 0.3) is 5.91 Å². The Kier molecular flexibility index (Phi) is 8.38. The average molecular weight is 369 g/mol. The van der Waals surface area contributed by atoms with E-state index in [9.17, 15) is 4.79 Å². The Morgan fingerprint density at radius 1 is 1.32 bits per heavy atom. The Labute approximate surface area is 139 Å². The number of carbonyl (C=O) groups excluding carboxylic acids is 1. The predicted octanol–water partition coefficient (Wildman–Crippen LogP) is 3.40. The van der Waals surface area contributed by atoms with Gasteiger partial charge in [-0.25, -0.2) is 0 Å². The fraction of sp³-hybridized carbons (Fsp3) is 0.500. The van der Waals surface area contributed by atoms with Crippen LogP contribution >= 0.6 is 15.9 Å². The van der Waals surface area contributed by atoms with Crippen molar-refractivity contribution in [3.63, 3.8) is 0 Å². The molecule has 0 unspecified atom stereocenters. The molecule has 0 atom stereocenters. The van der Waals surface area contributed by atoms with E-state index in [1.54, 1.807) is 12.1 Å². The Bertz CT molecular complexity index is 541. The normalized spacial score (nSPS) is 9.91. The summed E-state index contributed by atoms with van der Waals surface area (Å²) in [7, 11) is 0. The van der Waals surface area contributed by atoms with Crippen molar-refractivity contribution in [2.75, 3.05) is 19.8 Å². The molecule has 6 heteroatoms. The topological polar surface area (TPSA) is 71.3 Å². The van der Waals surface area contributed by atoms with Crippen molar-refractivity contribution in [3.8, 4) is 17.6 Å². The Morgan fingerprint density at radius 3 is 2.73 bits per heavy atom. The largest absolute Gasteiger partial charge is 0.490 e. The lowest BCUT2D eigenvalue weighted by atomic mass is 10.2. The van der Waals surface area contributed by atoms with Gasteiger partial charge in [-0.15, -0.1) is 0 Å². The van der Waals surface area contributed by atoms with Gasteiger partial charge in [-0.05, 0) is 35.3 Å². The van der Waals surface area contributed by atoms with Crippen LogP contribution < -0.4 is 14.8 Å². The molecule has 0 saturated carbocycles. The van der Waals surface area contributed by atoms with E-state index in [1.807, 2.05) is 6.92 Å². The molecule has 0 fully saturated rings. The van der Waals surface area contributed by atoms with Crippen LogP contribution in [0.4, 0.5) is 0 Å². The molecule has 0 radical (unpaired) electrons. The van der Waals surface area contributed by atoms with E-state index in [0.29, 0.717) is 34.7 Å². The molecule has 5 nitrogen and oxygen atoms in total. The van der Waals surface area contributed by atoms with E-state index in [0.717, 1.165) is 19.3 Å². The van der Waals surface area contributed by atoms with Crippen LogP contribution in [0.1, 0.15) is 38.7 Å². The fourth-order valence-electron chi connectivity index (χ4n) is 1.83. The first-order chi connectivity index (χ1) is 10.6. The third-order valence-corrected chi connectivity index (χ3v) is 3.48. The number of nitriles is 1. The molecule has 0 heterocycles. The number of carbonyl (C=O) groups is 1. The van der Waals surface area contributed by atoms with E-state index in [2.05, 4.69) is 34.2 Å². The van der Waals surface area contributed by atoms with Gasteiger partial charge in [0.2, 0.25) is 0 Å². The first-order valence-corrected chi connectivity index (χ1v) is 8.17. The zero-order chi connectivity index (χ0) is 16.4. The van der Waals surface area contributed by atoms with E-state index in [-0.39, 0.29) is 12.5 Å². The van der Waals surface area contributed by atoms with Crippen LogP contribution in [0.15, 0.2) is 16.6 Å². The molecule has 1 aromatic rings. The van der Waals surface area contributed by atoms with E-state index >= 15 is 0 Å². The number of ether oxygens (including phenoxy) is 2. The highest BCUT2D eigenvalue weighted by Crippen LogP contribution is 2.36. The summed E-state index contributed by atoms with van der Waals surface area (Å²) in [6, 6.07) is 5.29. The minimum Gasteiger partial charge on any atom is -0.490 e. The highest BCUT2D eigenvalue weighted by molar-refractivity contribution is 9.10. The van der Waals surface area contributed by atoms with Crippen LogP contribution in [0, 0.1) is 11.3 Å². The summed E-state index contributed by atoms with van der Waals surface area (Å²) in [4.78, 5) is 11.7. The Hall–Kier alpha value is -1.74. The number of nitrogens with one attached hydrogen (secondary N) is 1. The first kappa shape index (κ1) is 18.3. The zero-order valence-electron chi connectivity index (χ0n) is 12.9. The second-order valence-electron chi connectivity index (χ2n) is 4.68. The van der Waals surface area contributed by atoms with Crippen molar-refractivity contribution in [3.05, 3.63) is 22.2 Å². The molecule has 1 amide bonds. The van der Waals surface area contributed by atoms with Crippen LogP contribution in [0.2, 0.25) is 0 Å². The fourth-order valence-corrected chi connectivity index (χ4v) is 2.38. The number of benzene rings is 1. The van der Waals surface area contributed by atoms with Crippen molar-refractivity contribution in [1.29, 1.82) is 5.26 Å². The van der Waals surface area contributed by atoms with Crippen molar-refractivity contribution in [2.24, 2.45) is 0 Å². The third kappa shape index (κ3) is 5.94. The summed E-state index contributed by atoms with van der Waals surface area (Å²) >= 11 is 3.34. The van der Waals surface area contributed by atoms with Gasteiger partial charge in [-0.2, -0.15) is 5.26 Å². The summed E-state index contributed by atoms with van der Waals surface area (Å²) in [5.74, 6) is 0.714. The number of halogens is 1. The molecular weight excluding hydrogens is 348 g/mol. The SMILES string of the molecule is CCCCCNC(=O)COc1c(Br)cc(C#N)cc1OCC. The van der Waals surface area contributed by atoms with E-state index < -0.39 is 0 Å². The number of hydrogen-bond acceptors (Lipinski definition) is 4. The summed E-state index contributed by atoms with van der Waals surface area (Å²) < 4.78 is 11.6. The molecule has 0 aliphatic heterocycles. The number of rotatable bonds is 9. The van der Waals surface area contributed by atoms with Gasteiger partial charge in [-0.3, -0.25) is 4.79 Å². The molecule has 1 rings (SSSR count). The van der Waals surface area contributed by atoms with Gasteiger partial charge in [0.15, 0.2) is 18.1 Å². The number of unbranched alkanes of at least 4 members (excludes halogenated alkanes) is 2. The van der Waals surface area contributed by atoms with Crippen LogP contribution in [0.5, 0.6) is 11.5 Å². The lowest BCUT2D eigenvalue weighted by Gasteiger charge is -2.14. The van der Waals surface area contributed by atoms with Crippen molar-refractivity contribution >= 4 is 21.8 Å². The second-order valence-corrected chi connectivity index (χ2v) is 5.53. The second kappa shape index (κ2) is 10.1. The van der Waals surface area contributed by atoms with Crippen molar-refractivity contribution in [2.45, 2.75) is 33.1 Å². The maximum Gasteiger partial charge on any atom is 0.257 e. The van der Waals surface area contributed by atoms with E-state index in [4.69, 9.17) is 14.7 Å². The van der Waals surface area contributed by atoms with Crippen LogP contribution in [0.3, 0.4) is 0 Å². The van der Waals surface area contributed by atoms with Gasteiger partial charge in [0.1, 0.15) is 0 Å². The summed E-state index contributed by atoms with van der Waals surface area (Å²) in [5.41, 5.74) is 0.465. The first-order valence-electron chi connectivity index (χ1n) is 7.38. The van der Waals surface area contributed by atoms with Gasteiger partial charge in [-0.1, -0.05) is 19.8 Å². The summed E-state index contributed by atoms with van der Waals surface area (Å²) in [6.45, 7) is 4.97. The quantitative estimate of drug-likeness (QED) is 0.678. The summed E-state index contributed by atoms with van der Waals surface area (Å²) in [6.07, 6.45) is 3.17. The van der Waals surface area contributed by atoms with E-state index in [1.165, 1.54) is 0 Å². The van der Waals surface area contributed by atoms with Crippen LogP contribution in [-0.2, 0) is 4.79 Å². The number of amides is 1. The monoisotopic (exact) mass is 368 g/mol. The third-order valence-electron chi connectivity index (χ3n) is 2.89. The van der Waals surface area contributed by atoms with Crippen LogP contribution in [0.25, 0.3) is 0 Å². The lowest BCUT2D eigenvalue weighted by molar-refractivity contribution is -0.123. The lowest BCUT2D eigenvalue weighted by Crippen LogP contribution is -2.29. The number of nitrogens with zero attached hydrogens (tertiary/aromatic N) is 1. The molecule has 120 valence electrons. The standard InChI is InChI=1S/C16H21BrN2O3/c1-3-5-6-7-19-15(20)11-22-16-13(17)8-12(10-18)9-14(16)21-4-2/h8-9H,3-7,11H2,1-2H3,(H,19,20). The smallest absolute Gasteiger partial charge is 0.257 e. The van der Waals surface area contributed by atoms with Gasteiger partial charge < -0.3 is 14.8 Å². The maximum atomic E-state index is 11.7. The molecule has 0 aliphatic carbocycles. The highest BCUT2D eigenvalue weighted by Gasteiger charge is 2.13. The van der Waals surface area contributed by atoms with Gasteiger partial charge in [0.05, 0.1) is 22.7 Å². The molecule has 0 aliphatic rings. The maximum absolute atomic E-state index is 11.7. The molecule has 1 aromatic carbocycles.